The third kappa shape index (κ3) is 4.26. The Morgan fingerprint density at radius 2 is 1.71 bits per heavy atom. The molecule has 148 valence electrons. The summed E-state index contributed by atoms with van der Waals surface area (Å²) in [6, 6.07) is 13.5. The first-order valence-electron chi connectivity index (χ1n) is 9.69. The number of carbonyl (C=O) groups is 1. The number of benzene rings is 2. The molecule has 2 aromatic carbocycles. The first-order chi connectivity index (χ1) is 13.6. The fraction of sp³-hybridized carbons (Fsp3) is 0.381. The predicted molar refractivity (Wildman–Crippen MR) is 105 cm³/mol. The summed E-state index contributed by atoms with van der Waals surface area (Å²) in [7, 11) is 0. The number of hydrogen-bond acceptors (Lipinski definition) is 5. The number of nitrogens with one attached hydrogen (secondary N) is 3. The number of phenolic OH excluding ortho intramolecular Hbond substituents is 1. The van der Waals surface area contributed by atoms with Crippen LogP contribution >= 0.6 is 0 Å². The molecular formula is C21H25FN4O2. The Morgan fingerprint density at radius 3 is 2.39 bits per heavy atom. The summed E-state index contributed by atoms with van der Waals surface area (Å²) in [6.45, 7) is 1.67. The number of amides is 1. The van der Waals surface area contributed by atoms with Crippen molar-refractivity contribution in [1.82, 2.24) is 16.2 Å². The predicted octanol–water partition coefficient (Wildman–Crippen LogP) is 2.22. The summed E-state index contributed by atoms with van der Waals surface area (Å²) < 4.78 is 13.1. The molecule has 4 N–H and O–H groups in total. The van der Waals surface area contributed by atoms with Gasteiger partial charge in [0.2, 0.25) is 5.91 Å². The highest BCUT2D eigenvalue weighted by Crippen LogP contribution is 2.25. The van der Waals surface area contributed by atoms with E-state index in [0.29, 0.717) is 6.42 Å². The zero-order valence-corrected chi connectivity index (χ0v) is 15.6. The number of nitrogens with zero attached hydrogens (tertiary/aromatic N) is 1. The molecule has 2 aliphatic rings. The Hall–Kier alpha value is -2.64. The molecule has 28 heavy (non-hydrogen) atoms. The minimum absolute atomic E-state index is 0.00834. The minimum Gasteiger partial charge on any atom is -0.508 e. The van der Waals surface area contributed by atoms with Crippen molar-refractivity contribution in [2.24, 2.45) is 0 Å². The van der Waals surface area contributed by atoms with E-state index in [2.05, 4.69) is 21.1 Å². The van der Waals surface area contributed by atoms with Crippen molar-refractivity contribution in [3.63, 3.8) is 0 Å². The second-order valence-corrected chi connectivity index (χ2v) is 7.47. The standard InChI is InChI=1S/C21H25FN4O2/c22-15-3-5-17(6-4-15)26-11-9-16(10-12-26)23-21(28)20-13-19(24-25-20)14-1-7-18(27)8-2-14/h1-8,16,19-20,24-25,27H,9-13H2,(H,23,28). The molecule has 0 radical (unpaired) electrons. The van der Waals surface area contributed by atoms with Crippen molar-refractivity contribution >= 4 is 11.6 Å². The van der Waals surface area contributed by atoms with Crippen LogP contribution in [-0.4, -0.2) is 36.2 Å². The average molecular weight is 384 g/mol. The van der Waals surface area contributed by atoms with E-state index in [4.69, 9.17) is 0 Å². The van der Waals surface area contributed by atoms with Crippen LogP contribution in [0.2, 0.25) is 0 Å². The van der Waals surface area contributed by atoms with Crippen LogP contribution in [0, 0.1) is 5.82 Å². The van der Waals surface area contributed by atoms with Crippen LogP contribution < -0.4 is 21.1 Å². The first kappa shape index (κ1) is 18.7. The lowest BCUT2D eigenvalue weighted by Gasteiger charge is -2.34. The molecule has 2 heterocycles. The van der Waals surface area contributed by atoms with Gasteiger partial charge >= 0.3 is 0 Å². The van der Waals surface area contributed by atoms with Gasteiger partial charge in [0.25, 0.3) is 0 Å². The zero-order chi connectivity index (χ0) is 19.5. The molecule has 2 fully saturated rings. The number of halogens is 1. The fourth-order valence-corrected chi connectivity index (χ4v) is 3.89. The van der Waals surface area contributed by atoms with Crippen LogP contribution in [0.3, 0.4) is 0 Å². The van der Waals surface area contributed by atoms with E-state index in [-0.39, 0.29) is 35.6 Å². The van der Waals surface area contributed by atoms with Crippen LogP contribution in [0.4, 0.5) is 10.1 Å². The van der Waals surface area contributed by atoms with Crippen LogP contribution in [-0.2, 0) is 4.79 Å². The van der Waals surface area contributed by atoms with Crippen molar-refractivity contribution in [2.45, 2.75) is 37.4 Å². The summed E-state index contributed by atoms with van der Waals surface area (Å²) in [5.74, 6) is 0.0131. The van der Waals surface area contributed by atoms with Gasteiger partial charge in [0.05, 0.1) is 0 Å². The number of hydrogen-bond donors (Lipinski definition) is 4. The maximum atomic E-state index is 13.1. The van der Waals surface area contributed by atoms with Crippen molar-refractivity contribution in [2.75, 3.05) is 18.0 Å². The maximum Gasteiger partial charge on any atom is 0.238 e. The lowest BCUT2D eigenvalue weighted by Crippen LogP contribution is -2.50. The monoisotopic (exact) mass is 384 g/mol. The summed E-state index contributed by atoms with van der Waals surface area (Å²) in [6.07, 6.45) is 2.39. The SMILES string of the molecule is O=C(NC1CCN(c2ccc(F)cc2)CC1)C1CC(c2ccc(O)cc2)NN1. The molecule has 2 aromatic rings. The molecule has 0 bridgehead atoms. The highest BCUT2D eigenvalue weighted by atomic mass is 19.1. The van der Waals surface area contributed by atoms with Crippen LogP contribution in [0.15, 0.2) is 48.5 Å². The second kappa shape index (κ2) is 8.16. The Balaban J connectivity index is 1.26. The number of aromatic hydroxyl groups is 1. The summed E-state index contributed by atoms with van der Waals surface area (Å²) in [5, 5.41) is 12.6. The summed E-state index contributed by atoms with van der Waals surface area (Å²) >= 11 is 0. The van der Waals surface area contributed by atoms with Gasteiger partial charge < -0.3 is 15.3 Å². The molecule has 0 spiro atoms. The molecule has 2 aliphatic heterocycles. The lowest BCUT2D eigenvalue weighted by molar-refractivity contribution is -0.123. The van der Waals surface area contributed by atoms with Crippen molar-refractivity contribution < 1.29 is 14.3 Å². The molecule has 2 unspecified atom stereocenters. The third-order valence-corrected chi connectivity index (χ3v) is 5.55. The van der Waals surface area contributed by atoms with E-state index in [0.717, 1.165) is 37.2 Å². The number of hydrazine groups is 1. The smallest absolute Gasteiger partial charge is 0.238 e. The topological polar surface area (TPSA) is 76.6 Å². The van der Waals surface area contributed by atoms with Gasteiger partial charge in [-0.2, -0.15) is 0 Å². The van der Waals surface area contributed by atoms with Gasteiger partial charge in [-0.3, -0.25) is 4.79 Å². The molecule has 0 saturated carbocycles. The van der Waals surface area contributed by atoms with E-state index >= 15 is 0 Å². The Morgan fingerprint density at radius 1 is 1.04 bits per heavy atom. The third-order valence-electron chi connectivity index (χ3n) is 5.55. The molecule has 2 saturated heterocycles. The van der Waals surface area contributed by atoms with Crippen molar-refractivity contribution in [3.05, 3.63) is 59.9 Å². The second-order valence-electron chi connectivity index (χ2n) is 7.47. The van der Waals surface area contributed by atoms with Crippen molar-refractivity contribution in [1.29, 1.82) is 0 Å². The Kier molecular flexibility index (Phi) is 5.45. The molecule has 1 amide bonds. The van der Waals surface area contributed by atoms with Crippen LogP contribution in [0.5, 0.6) is 5.75 Å². The van der Waals surface area contributed by atoms with Gasteiger partial charge in [-0.25, -0.2) is 15.2 Å². The summed E-state index contributed by atoms with van der Waals surface area (Å²) in [5.41, 5.74) is 8.29. The van der Waals surface area contributed by atoms with E-state index < -0.39 is 0 Å². The first-order valence-corrected chi connectivity index (χ1v) is 9.69. The Labute approximate surface area is 163 Å². The van der Waals surface area contributed by atoms with Gasteiger partial charge in [-0.15, -0.1) is 0 Å². The van der Waals surface area contributed by atoms with Gasteiger partial charge in [0.1, 0.15) is 17.6 Å². The number of phenols is 1. The fourth-order valence-electron chi connectivity index (χ4n) is 3.89. The molecule has 4 rings (SSSR count). The van der Waals surface area contributed by atoms with Gasteiger partial charge in [0, 0.05) is 30.9 Å². The van der Waals surface area contributed by atoms with Gasteiger partial charge in [0.15, 0.2) is 0 Å². The molecule has 6 nitrogen and oxygen atoms in total. The highest BCUT2D eigenvalue weighted by molar-refractivity contribution is 5.82. The zero-order valence-electron chi connectivity index (χ0n) is 15.6. The molecule has 7 heteroatoms. The number of rotatable bonds is 4. The highest BCUT2D eigenvalue weighted by Gasteiger charge is 2.31. The average Bonchev–Trinajstić information content (AvgIpc) is 3.20. The van der Waals surface area contributed by atoms with Gasteiger partial charge in [-0.1, -0.05) is 12.1 Å². The largest absolute Gasteiger partial charge is 0.508 e. The molecular weight excluding hydrogens is 359 g/mol. The van der Waals surface area contributed by atoms with E-state index in [1.165, 1.54) is 12.1 Å². The van der Waals surface area contributed by atoms with E-state index in [1.54, 1.807) is 24.3 Å². The molecule has 2 atom stereocenters. The number of piperidine rings is 1. The Bertz CT molecular complexity index is 804. The maximum absolute atomic E-state index is 13.1. The number of carbonyl (C=O) groups excluding carboxylic acids is 1. The summed E-state index contributed by atoms with van der Waals surface area (Å²) in [4.78, 5) is 14.8. The van der Waals surface area contributed by atoms with Gasteiger partial charge in [-0.05, 0) is 61.2 Å². The van der Waals surface area contributed by atoms with Crippen molar-refractivity contribution in [3.8, 4) is 5.75 Å². The van der Waals surface area contributed by atoms with E-state index in [9.17, 15) is 14.3 Å². The minimum atomic E-state index is -0.283. The quantitative estimate of drug-likeness (QED) is 0.650. The number of anilines is 1. The van der Waals surface area contributed by atoms with E-state index in [1.807, 2.05) is 12.1 Å². The van der Waals surface area contributed by atoms with Crippen LogP contribution in [0.1, 0.15) is 30.9 Å². The molecule has 0 aromatic heterocycles. The normalized spacial score (nSPS) is 23.0. The molecule has 0 aliphatic carbocycles. The lowest BCUT2D eigenvalue weighted by atomic mass is 10.0. The van der Waals surface area contributed by atoms with Crippen LogP contribution in [0.25, 0.3) is 0 Å².